The third kappa shape index (κ3) is 4.49. The summed E-state index contributed by atoms with van der Waals surface area (Å²) in [6, 6.07) is 12.1. The summed E-state index contributed by atoms with van der Waals surface area (Å²) in [6.45, 7) is 2.79. The van der Waals surface area contributed by atoms with Crippen LogP contribution in [-0.4, -0.2) is 24.3 Å². The Balaban J connectivity index is 1.80. The van der Waals surface area contributed by atoms with Crippen LogP contribution in [0.2, 0.25) is 0 Å². The number of rotatable bonds is 6. The smallest absolute Gasteiger partial charge is 0.335 e. The molecule has 0 heterocycles. The Kier molecular flexibility index (Phi) is 5.22. The van der Waals surface area contributed by atoms with E-state index in [2.05, 4.69) is 15.9 Å². The van der Waals surface area contributed by atoms with E-state index in [1.165, 1.54) is 12.1 Å². The van der Waals surface area contributed by atoms with Crippen molar-refractivity contribution in [2.24, 2.45) is 0 Å². The average Bonchev–Trinajstić information content (AvgIpc) is 2.46. The standard InChI is InChI=1S/C16H15BrO4/c1-11-10-13(17)4-7-15(11)21-9-8-20-14-5-2-12(3-6-14)16(18)19/h2-7,10H,8-9H2,1H3,(H,18,19). The Bertz CT molecular complexity index is 623. The Morgan fingerprint density at radius 2 is 1.76 bits per heavy atom. The number of hydrogen-bond acceptors (Lipinski definition) is 3. The quantitative estimate of drug-likeness (QED) is 0.802. The van der Waals surface area contributed by atoms with Crippen molar-refractivity contribution >= 4 is 21.9 Å². The van der Waals surface area contributed by atoms with Crippen molar-refractivity contribution in [3.05, 3.63) is 58.1 Å². The minimum atomic E-state index is -0.949. The van der Waals surface area contributed by atoms with Crippen molar-refractivity contribution in [1.29, 1.82) is 0 Å². The number of halogens is 1. The fraction of sp³-hybridized carbons (Fsp3) is 0.188. The highest BCUT2D eigenvalue weighted by Gasteiger charge is 2.03. The lowest BCUT2D eigenvalue weighted by molar-refractivity contribution is 0.0697. The van der Waals surface area contributed by atoms with Gasteiger partial charge in [0.2, 0.25) is 0 Å². The second kappa shape index (κ2) is 7.13. The molecule has 0 atom stereocenters. The van der Waals surface area contributed by atoms with Crippen LogP contribution in [0.3, 0.4) is 0 Å². The Morgan fingerprint density at radius 3 is 2.38 bits per heavy atom. The molecule has 0 radical (unpaired) electrons. The predicted octanol–water partition coefficient (Wildman–Crippen LogP) is 3.91. The van der Waals surface area contributed by atoms with Gasteiger partial charge in [-0.1, -0.05) is 15.9 Å². The molecule has 0 aliphatic carbocycles. The van der Waals surface area contributed by atoms with Crippen molar-refractivity contribution in [1.82, 2.24) is 0 Å². The SMILES string of the molecule is Cc1cc(Br)ccc1OCCOc1ccc(C(=O)O)cc1. The van der Waals surface area contributed by atoms with Gasteiger partial charge in [-0.3, -0.25) is 0 Å². The summed E-state index contributed by atoms with van der Waals surface area (Å²) in [6.07, 6.45) is 0. The lowest BCUT2D eigenvalue weighted by Crippen LogP contribution is -2.09. The fourth-order valence-corrected chi connectivity index (χ4v) is 2.26. The van der Waals surface area contributed by atoms with Gasteiger partial charge in [-0.2, -0.15) is 0 Å². The van der Waals surface area contributed by atoms with Crippen LogP contribution < -0.4 is 9.47 Å². The van der Waals surface area contributed by atoms with Crippen LogP contribution in [0.15, 0.2) is 46.9 Å². The van der Waals surface area contributed by atoms with E-state index in [0.717, 1.165) is 15.8 Å². The van der Waals surface area contributed by atoms with Gasteiger partial charge < -0.3 is 14.6 Å². The molecule has 0 aliphatic heterocycles. The molecule has 5 heteroatoms. The molecule has 0 unspecified atom stereocenters. The first-order valence-electron chi connectivity index (χ1n) is 6.41. The summed E-state index contributed by atoms with van der Waals surface area (Å²) in [5.41, 5.74) is 1.29. The number of carboxylic acid groups (broad SMARTS) is 1. The molecule has 0 saturated heterocycles. The highest BCUT2D eigenvalue weighted by atomic mass is 79.9. The van der Waals surface area contributed by atoms with E-state index in [1.807, 2.05) is 25.1 Å². The van der Waals surface area contributed by atoms with E-state index in [9.17, 15) is 4.79 Å². The van der Waals surface area contributed by atoms with E-state index in [4.69, 9.17) is 14.6 Å². The first-order chi connectivity index (χ1) is 10.1. The van der Waals surface area contributed by atoms with E-state index in [0.29, 0.717) is 19.0 Å². The highest BCUT2D eigenvalue weighted by molar-refractivity contribution is 9.10. The Hall–Kier alpha value is -2.01. The molecule has 0 bridgehead atoms. The van der Waals surface area contributed by atoms with Crippen LogP contribution in [0, 0.1) is 6.92 Å². The molecule has 0 spiro atoms. The molecule has 2 rings (SSSR count). The van der Waals surface area contributed by atoms with Gasteiger partial charge >= 0.3 is 5.97 Å². The maximum atomic E-state index is 10.7. The molecule has 4 nitrogen and oxygen atoms in total. The van der Waals surface area contributed by atoms with E-state index < -0.39 is 5.97 Å². The molecule has 0 amide bonds. The van der Waals surface area contributed by atoms with Gasteiger partial charge in [0.1, 0.15) is 24.7 Å². The van der Waals surface area contributed by atoms with Crippen LogP contribution in [0.5, 0.6) is 11.5 Å². The zero-order valence-electron chi connectivity index (χ0n) is 11.5. The van der Waals surface area contributed by atoms with Gasteiger partial charge in [0, 0.05) is 4.47 Å². The summed E-state index contributed by atoms with van der Waals surface area (Å²) in [5.74, 6) is 0.495. The van der Waals surface area contributed by atoms with Crippen molar-refractivity contribution in [2.75, 3.05) is 13.2 Å². The maximum absolute atomic E-state index is 10.7. The van der Waals surface area contributed by atoms with Gasteiger partial charge in [-0.25, -0.2) is 4.79 Å². The zero-order chi connectivity index (χ0) is 15.2. The second-order valence-corrected chi connectivity index (χ2v) is 5.35. The third-order valence-electron chi connectivity index (χ3n) is 2.85. The summed E-state index contributed by atoms with van der Waals surface area (Å²) in [5, 5.41) is 8.80. The predicted molar refractivity (Wildman–Crippen MR) is 83.3 cm³/mol. The number of aromatic carboxylic acids is 1. The number of aryl methyl sites for hydroxylation is 1. The molecule has 2 aromatic rings. The Morgan fingerprint density at radius 1 is 1.10 bits per heavy atom. The zero-order valence-corrected chi connectivity index (χ0v) is 13.1. The molecule has 1 N–H and O–H groups in total. The summed E-state index contributed by atoms with van der Waals surface area (Å²) < 4.78 is 12.2. The normalized spacial score (nSPS) is 10.2. The van der Waals surface area contributed by atoms with Crippen LogP contribution in [-0.2, 0) is 0 Å². The van der Waals surface area contributed by atoms with Crippen molar-refractivity contribution in [2.45, 2.75) is 6.92 Å². The topological polar surface area (TPSA) is 55.8 Å². The second-order valence-electron chi connectivity index (χ2n) is 4.44. The summed E-state index contributed by atoms with van der Waals surface area (Å²) in [4.78, 5) is 10.7. The summed E-state index contributed by atoms with van der Waals surface area (Å²) in [7, 11) is 0. The average molecular weight is 351 g/mol. The minimum Gasteiger partial charge on any atom is -0.490 e. The minimum absolute atomic E-state index is 0.240. The molecule has 0 aliphatic rings. The lowest BCUT2D eigenvalue weighted by Gasteiger charge is -2.10. The van der Waals surface area contributed by atoms with Gasteiger partial charge in [0.25, 0.3) is 0 Å². The number of benzene rings is 2. The largest absolute Gasteiger partial charge is 0.490 e. The van der Waals surface area contributed by atoms with Gasteiger partial charge in [0.05, 0.1) is 5.56 Å². The van der Waals surface area contributed by atoms with E-state index in [-0.39, 0.29) is 5.56 Å². The van der Waals surface area contributed by atoms with Gasteiger partial charge in [-0.05, 0) is 55.0 Å². The first kappa shape index (κ1) is 15.4. The van der Waals surface area contributed by atoms with Crippen LogP contribution in [0.4, 0.5) is 0 Å². The molecule has 110 valence electrons. The molecule has 0 fully saturated rings. The molecule has 2 aromatic carbocycles. The fourth-order valence-electron chi connectivity index (χ4n) is 1.78. The van der Waals surface area contributed by atoms with Crippen molar-refractivity contribution < 1.29 is 19.4 Å². The molecular formula is C16H15BrO4. The molecular weight excluding hydrogens is 336 g/mol. The van der Waals surface area contributed by atoms with Crippen LogP contribution in [0.1, 0.15) is 15.9 Å². The molecule has 21 heavy (non-hydrogen) atoms. The van der Waals surface area contributed by atoms with Crippen LogP contribution >= 0.6 is 15.9 Å². The van der Waals surface area contributed by atoms with Gasteiger partial charge in [0.15, 0.2) is 0 Å². The van der Waals surface area contributed by atoms with Crippen molar-refractivity contribution in [3.63, 3.8) is 0 Å². The first-order valence-corrected chi connectivity index (χ1v) is 7.20. The number of carbonyl (C=O) groups is 1. The van der Waals surface area contributed by atoms with Crippen molar-refractivity contribution in [3.8, 4) is 11.5 Å². The molecule has 0 saturated carbocycles. The van der Waals surface area contributed by atoms with Gasteiger partial charge in [-0.15, -0.1) is 0 Å². The van der Waals surface area contributed by atoms with E-state index >= 15 is 0 Å². The molecule has 0 aromatic heterocycles. The number of carboxylic acids is 1. The maximum Gasteiger partial charge on any atom is 0.335 e. The number of hydrogen-bond donors (Lipinski definition) is 1. The third-order valence-corrected chi connectivity index (χ3v) is 3.34. The van der Waals surface area contributed by atoms with Crippen LogP contribution in [0.25, 0.3) is 0 Å². The van der Waals surface area contributed by atoms with E-state index in [1.54, 1.807) is 12.1 Å². The highest BCUT2D eigenvalue weighted by Crippen LogP contribution is 2.22. The lowest BCUT2D eigenvalue weighted by atomic mass is 10.2. The summed E-state index contributed by atoms with van der Waals surface area (Å²) >= 11 is 3.40. The monoisotopic (exact) mass is 350 g/mol. The Labute approximate surface area is 131 Å². The number of ether oxygens (including phenoxy) is 2.